The lowest BCUT2D eigenvalue weighted by Gasteiger charge is -2.37. The molecule has 3 rings (SSSR count). The third-order valence-corrected chi connectivity index (χ3v) is 5.04. The van der Waals surface area contributed by atoms with Crippen molar-refractivity contribution in [2.75, 3.05) is 24.6 Å². The van der Waals surface area contributed by atoms with E-state index in [-0.39, 0.29) is 13.0 Å². The number of alkyl halides is 3. The number of aromatic nitrogens is 1. The molecule has 1 N–H and O–H groups in total. The molecule has 2 fully saturated rings. The van der Waals surface area contributed by atoms with E-state index in [1.54, 1.807) is 13.0 Å². The van der Waals surface area contributed by atoms with Crippen molar-refractivity contribution in [2.24, 2.45) is 5.92 Å². The second-order valence-corrected chi connectivity index (χ2v) is 7.39. The first-order valence-corrected chi connectivity index (χ1v) is 8.86. The summed E-state index contributed by atoms with van der Waals surface area (Å²) in [5.74, 6) is 4.67. The van der Waals surface area contributed by atoms with Gasteiger partial charge in [0.05, 0.1) is 22.8 Å². The third-order valence-electron chi connectivity index (χ3n) is 4.84. The molecule has 0 radical (unpaired) electrons. The van der Waals surface area contributed by atoms with Crippen molar-refractivity contribution >= 4 is 17.3 Å². The predicted molar refractivity (Wildman–Crippen MR) is 92.1 cm³/mol. The fourth-order valence-electron chi connectivity index (χ4n) is 3.24. The average molecular weight is 389 g/mol. The van der Waals surface area contributed by atoms with Crippen LogP contribution < -0.4 is 4.90 Å². The minimum Gasteiger partial charge on any atom is -0.390 e. The first-order chi connectivity index (χ1) is 12.2. The predicted octanol–water partition coefficient (Wildman–Crippen LogP) is 3.41. The zero-order chi connectivity index (χ0) is 18.9. The standard InChI is InChI=1S/C18H20ClF3N2O2/c1-17(25)5-7-24(8-6-17)14-10-15(19)23-11-13(14)3-2-12-4-9-26-16(12)18(20,21)22/h10-12,16,25H,4-9H2,1H3/t12?,16-/m1/s1. The molecule has 1 unspecified atom stereocenters. The number of hydrogen-bond acceptors (Lipinski definition) is 4. The third kappa shape index (κ3) is 4.43. The first kappa shape index (κ1) is 19.3. The maximum Gasteiger partial charge on any atom is 0.415 e. The molecular formula is C18H20ClF3N2O2. The molecule has 0 aliphatic carbocycles. The highest BCUT2D eigenvalue weighted by molar-refractivity contribution is 6.29. The molecule has 142 valence electrons. The zero-order valence-electron chi connectivity index (χ0n) is 14.3. The number of piperidine rings is 1. The lowest BCUT2D eigenvalue weighted by molar-refractivity contribution is -0.212. The molecule has 0 spiro atoms. The Balaban J connectivity index is 1.84. The molecule has 1 aromatic rings. The van der Waals surface area contributed by atoms with E-state index in [0.29, 0.717) is 36.6 Å². The Hall–Kier alpha value is -1.49. The summed E-state index contributed by atoms with van der Waals surface area (Å²) in [5.41, 5.74) is 0.555. The summed E-state index contributed by atoms with van der Waals surface area (Å²) in [7, 11) is 0. The number of hydrogen-bond donors (Lipinski definition) is 1. The second kappa shape index (κ2) is 7.26. The Morgan fingerprint density at radius 3 is 2.73 bits per heavy atom. The maximum atomic E-state index is 13.0. The molecule has 2 atom stereocenters. The van der Waals surface area contributed by atoms with Gasteiger partial charge in [0.15, 0.2) is 6.10 Å². The molecule has 2 aliphatic rings. The van der Waals surface area contributed by atoms with E-state index < -0.39 is 23.8 Å². The first-order valence-electron chi connectivity index (χ1n) is 8.48. The second-order valence-electron chi connectivity index (χ2n) is 7.01. The van der Waals surface area contributed by atoms with E-state index in [1.165, 1.54) is 6.20 Å². The van der Waals surface area contributed by atoms with Crippen LogP contribution in [0.4, 0.5) is 18.9 Å². The van der Waals surface area contributed by atoms with Gasteiger partial charge in [-0.25, -0.2) is 4.98 Å². The van der Waals surface area contributed by atoms with Gasteiger partial charge in [-0.3, -0.25) is 0 Å². The highest BCUT2D eigenvalue weighted by atomic mass is 35.5. The van der Waals surface area contributed by atoms with Crippen molar-refractivity contribution in [1.82, 2.24) is 4.98 Å². The van der Waals surface area contributed by atoms with E-state index in [0.717, 1.165) is 5.69 Å². The molecule has 4 nitrogen and oxygen atoms in total. The quantitative estimate of drug-likeness (QED) is 0.591. The van der Waals surface area contributed by atoms with Crippen LogP contribution in [0.15, 0.2) is 12.3 Å². The molecule has 3 heterocycles. The number of nitrogens with zero attached hydrogens (tertiary/aromatic N) is 2. The summed E-state index contributed by atoms with van der Waals surface area (Å²) in [6.45, 7) is 3.07. The minimum absolute atomic E-state index is 0.0520. The fraction of sp³-hybridized carbons (Fsp3) is 0.611. The summed E-state index contributed by atoms with van der Waals surface area (Å²) < 4.78 is 43.7. The van der Waals surface area contributed by atoms with Crippen LogP contribution in [0.2, 0.25) is 5.15 Å². The highest BCUT2D eigenvalue weighted by Gasteiger charge is 2.48. The van der Waals surface area contributed by atoms with Gasteiger partial charge in [-0.05, 0) is 26.2 Å². The molecule has 0 aromatic carbocycles. The molecule has 0 bridgehead atoms. The average Bonchev–Trinajstić information content (AvgIpc) is 3.02. The van der Waals surface area contributed by atoms with Crippen LogP contribution in [0.1, 0.15) is 31.7 Å². The lowest BCUT2D eigenvalue weighted by Crippen LogP contribution is -2.42. The molecule has 26 heavy (non-hydrogen) atoms. The molecule has 2 aliphatic heterocycles. The summed E-state index contributed by atoms with van der Waals surface area (Å²) in [4.78, 5) is 6.04. The SMILES string of the molecule is CC1(O)CCN(c2cc(Cl)ncc2C#CC2CCO[C@H]2C(F)(F)F)CC1. The van der Waals surface area contributed by atoms with Crippen LogP contribution in [0.5, 0.6) is 0 Å². The normalized spacial score (nSPS) is 25.7. The van der Waals surface area contributed by atoms with Crippen LogP contribution in [0, 0.1) is 17.8 Å². The summed E-state index contributed by atoms with van der Waals surface area (Å²) in [6.07, 6.45) is -3.35. The van der Waals surface area contributed by atoms with Crippen molar-refractivity contribution in [2.45, 2.75) is 44.1 Å². The smallest absolute Gasteiger partial charge is 0.390 e. The Bertz CT molecular complexity index is 717. The van der Waals surface area contributed by atoms with E-state index in [2.05, 4.69) is 16.8 Å². The van der Waals surface area contributed by atoms with Gasteiger partial charge >= 0.3 is 6.18 Å². The van der Waals surface area contributed by atoms with Gasteiger partial charge in [0.25, 0.3) is 0 Å². The molecule has 2 saturated heterocycles. The van der Waals surface area contributed by atoms with Crippen LogP contribution in [-0.4, -0.2) is 47.7 Å². The van der Waals surface area contributed by atoms with Gasteiger partial charge in [-0.15, -0.1) is 0 Å². The number of anilines is 1. The molecule has 8 heteroatoms. The Morgan fingerprint density at radius 2 is 2.08 bits per heavy atom. The monoisotopic (exact) mass is 388 g/mol. The Kier molecular flexibility index (Phi) is 5.38. The van der Waals surface area contributed by atoms with Gasteiger partial charge in [-0.2, -0.15) is 13.2 Å². The van der Waals surface area contributed by atoms with Crippen LogP contribution in [-0.2, 0) is 4.74 Å². The zero-order valence-corrected chi connectivity index (χ0v) is 15.1. The molecular weight excluding hydrogens is 369 g/mol. The van der Waals surface area contributed by atoms with E-state index in [9.17, 15) is 18.3 Å². The Labute approximate surface area is 155 Å². The molecule has 1 aromatic heterocycles. The van der Waals surface area contributed by atoms with Gasteiger partial charge < -0.3 is 14.7 Å². The van der Waals surface area contributed by atoms with Crippen molar-refractivity contribution in [3.05, 3.63) is 23.0 Å². The van der Waals surface area contributed by atoms with E-state index >= 15 is 0 Å². The van der Waals surface area contributed by atoms with Crippen LogP contribution in [0.25, 0.3) is 0 Å². The number of halogens is 4. The highest BCUT2D eigenvalue weighted by Crippen LogP contribution is 2.35. The van der Waals surface area contributed by atoms with Gasteiger partial charge in [-0.1, -0.05) is 23.4 Å². The van der Waals surface area contributed by atoms with Crippen molar-refractivity contribution in [3.63, 3.8) is 0 Å². The van der Waals surface area contributed by atoms with Crippen molar-refractivity contribution in [1.29, 1.82) is 0 Å². The topological polar surface area (TPSA) is 45.6 Å². The van der Waals surface area contributed by atoms with Crippen LogP contribution in [0.3, 0.4) is 0 Å². The fourth-order valence-corrected chi connectivity index (χ4v) is 3.39. The number of pyridine rings is 1. The number of ether oxygens (including phenoxy) is 1. The van der Waals surface area contributed by atoms with Crippen molar-refractivity contribution < 1.29 is 23.0 Å². The Morgan fingerprint density at radius 1 is 1.38 bits per heavy atom. The summed E-state index contributed by atoms with van der Waals surface area (Å²) >= 11 is 6.00. The van der Waals surface area contributed by atoms with E-state index in [1.807, 2.05) is 4.90 Å². The number of aliphatic hydroxyl groups is 1. The molecule has 0 amide bonds. The van der Waals surface area contributed by atoms with Crippen LogP contribution >= 0.6 is 11.6 Å². The van der Waals surface area contributed by atoms with Gasteiger partial charge in [0.1, 0.15) is 5.15 Å². The largest absolute Gasteiger partial charge is 0.415 e. The summed E-state index contributed by atoms with van der Waals surface area (Å²) in [6, 6.07) is 1.66. The summed E-state index contributed by atoms with van der Waals surface area (Å²) in [5, 5.41) is 10.4. The van der Waals surface area contributed by atoms with E-state index in [4.69, 9.17) is 16.3 Å². The minimum atomic E-state index is -4.42. The maximum absolute atomic E-state index is 13.0. The van der Waals surface area contributed by atoms with Gasteiger partial charge in [0.2, 0.25) is 0 Å². The molecule has 0 saturated carbocycles. The number of rotatable bonds is 1. The van der Waals surface area contributed by atoms with Gasteiger partial charge in [0, 0.05) is 32.0 Å². The lowest BCUT2D eigenvalue weighted by atomic mass is 9.93. The van der Waals surface area contributed by atoms with Crippen molar-refractivity contribution in [3.8, 4) is 11.8 Å².